The summed E-state index contributed by atoms with van der Waals surface area (Å²) in [5.41, 5.74) is 11.3. The minimum absolute atomic E-state index is 0.0431. The van der Waals surface area contributed by atoms with Crippen molar-refractivity contribution in [3.8, 4) is 5.69 Å². The SMILES string of the molecule is Cc1nn(-c2ccc(CC(=O)O)cc2)c2c1C(N)CCC2. The number of nitrogens with zero attached hydrogens (tertiary/aromatic N) is 2. The zero-order valence-electron chi connectivity index (χ0n) is 12.0. The molecule has 0 spiro atoms. The van der Waals surface area contributed by atoms with Crippen LogP contribution in [0.15, 0.2) is 24.3 Å². The van der Waals surface area contributed by atoms with Gasteiger partial charge in [0, 0.05) is 17.3 Å². The lowest BCUT2D eigenvalue weighted by Gasteiger charge is -2.20. The van der Waals surface area contributed by atoms with Gasteiger partial charge in [0.05, 0.1) is 17.8 Å². The molecule has 3 N–H and O–H groups in total. The molecule has 1 heterocycles. The predicted molar refractivity (Wildman–Crippen MR) is 79.5 cm³/mol. The van der Waals surface area contributed by atoms with Crippen LogP contribution in [0.5, 0.6) is 0 Å². The summed E-state index contributed by atoms with van der Waals surface area (Å²) < 4.78 is 1.95. The lowest BCUT2D eigenvalue weighted by atomic mass is 9.91. The Kier molecular flexibility index (Phi) is 3.51. The summed E-state index contributed by atoms with van der Waals surface area (Å²) in [6.45, 7) is 2.00. The monoisotopic (exact) mass is 285 g/mol. The first-order chi connectivity index (χ1) is 10.1. The maximum atomic E-state index is 10.7. The van der Waals surface area contributed by atoms with Gasteiger partial charge in [-0.1, -0.05) is 12.1 Å². The van der Waals surface area contributed by atoms with Crippen LogP contribution in [0.3, 0.4) is 0 Å². The summed E-state index contributed by atoms with van der Waals surface area (Å²) in [7, 11) is 0. The van der Waals surface area contributed by atoms with Gasteiger partial charge in [-0.2, -0.15) is 5.10 Å². The van der Waals surface area contributed by atoms with Gasteiger partial charge in [-0.05, 0) is 43.9 Å². The molecule has 1 unspecified atom stereocenters. The number of aromatic nitrogens is 2. The number of carboxylic acid groups (broad SMARTS) is 1. The largest absolute Gasteiger partial charge is 0.481 e. The smallest absolute Gasteiger partial charge is 0.307 e. The number of aliphatic carboxylic acids is 1. The molecule has 5 nitrogen and oxygen atoms in total. The second kappa shape index (κ2) is 5.33. The lowest BCUT2D eigenvalue weighted by molar-refractivity contribution is -0.136. The Hall–Kier alpha value is -2.14. The van der Waals surface area contributed by atoms with E-state index in [-0.39, 0.29) is 12.5 Å². The van der Waals surface area contributed by atoms with E-state index in [1.165, 1.54) is 11.3 Å². The topological polar surface area (TPSA) is 81.1 Å². The Morgan fingerprint density at radius 1 is 1.43 bits per heavy atom. The van der Waals surface area contributed by atoms with Crippen LogP contribution in [0.1, 0.15) is 41.4 Å². The second-order valence-corrected chi connectivity index (χ2v) is 5.59. The molecule has 1 aromatic heterocycles. The zero-order chi connectivity index (χ0) is 15.0. The van der Waals surface area contributed by atoms with E-state index in [4.69, 9.17) is 10.8 Å². The number of benzene rings is 1. The van der Waals surface area contributed by atoms with Gasteiger partial charge in [-0.25, -0.2) is 4.68 Å². The van der Waals surface area contributed by atoms with Crippen LogP contribution in [0, 0.1) is 6.92 Å². The number of fused-ring (bicyclic) bond motifs is 1. The van der Waals surface area contributed by atoms with Crippen LogP contribution in [-0.4, -0.2) is 20.9 Å². The number of aryl methyl sites for hydroxylation is 1. The summed E-state index contributed by atoms with van der Waals surface area (Å²) in [4.78, 5) is 10.7. The average molecular weight is 285 g/mol. The summed E-state index contributed by atoms with van der Waals surface area (Å²) >= 11 is 0. The van der Waals surface area contributed by atoms with Crippen molar-refractivity contribution in [3.63, 3.8) is 0 Å². The van der Waals surface area contributed by atoms with E-state index >= 15 is 0 Å². The van der Waals surface area contributed by atoms with Gasteiger partial charge < -0.3 is 10.8 Å². The lowest BCUT2D eigenvalue weighted by Crippen LogP contribution is -2.18. The zero-order valence-corrected chi connectivity index (χ0v) is 12.0. The normalized spacial score (nSPS) is 17.5. The molecule has 3 rings (SSSR count). The van der Waals surface area contributed by atoms with E-state index in [2.05, 4.69) is 5.10 Å². The molecule has 110 valence electrons. The first-order valence-electron chi connectivity index (χ1n) is 7.21. The molecule has 1 aliphatic carbocycles. The van der Waals surface area contributed by atoms with Crippen molar-refractivity contribution in [2.45, 2.75) is 38.6 Å². The molecule has 2 aromatic rings. The molecular formula is C16H19N3O2. The van der Waals surface area contributed by atoms with Crippen molar-refractivity contribution < 1.29 is 9.90 Å². The highest BCUT2D eigenvalue weighted by molar-refractivity contribution is 5.70. The standard InChI is InChI=1S/C16H19N3O2/c1-10-16-13(17)3-2-4-14(16)19(18-10)12-7-5-11(6-8-12)9-15(20)21/h5-8,13H,2-4,9,17H2,1H3,(H,20,21). The van der Waals surface area contributed by atoms with Gasteiger partial charge in [0.1, 0.15) is 0 Å². The van der Waals surface area contributed by atoms with Gasteiger partial charge in [0.25, 0.3) is 0 Å². The Balaban J connectivity index is 1.97. The van der Waals surface area contributed by atoms with Crippen molar-refractivity contribution in [1.82, 2.24) is 9.78 Å². The first-order valence-corrected chi connectivity index (χ1v) is 7.21. The van der Waals surface area contributed by atoms with Crippen molar-refractivity contribution in [1.29, 1.82) is 0 Å². The third-order valence-corrected chi connectivity index (χ3v) is 4.04. The predicted octanol–water partition coefficient (Wildman–Crippen LogP) is 2.14. The van der Waals surface area contributed by atoms with E-state index < -0.39 is 5.97 Å². The third-order valence-electron chi connectivity index (χ3n) is 4.04. The van der Waals surface area contributed by atoms with Crippen molar-refractivity contribution in [2.24, 2.45) is 5.73 Å². The number of hydrogen-bond donors (Lipinski definition) is 2. The van der Waals surface area contributed by atoms with Crippen molar-refractivity contribution in [2.75, 3.05) is 0 Å². The van der Waals surface area contributed by atoms with Gasteiger partial charge in [-0.15, -0.1) is 0 Å². The van der Waals surface area contributed by atoms with Crippen molar-refractivity contribution >= 4 is 5.97 Å². The fraction of sp³-hybridized carbons (Fsp3) is 0.375. The van der Waals surface area contributed by atoms with E-state index in [9.17, 15) is 4.79 Å². The third kappa shape index (κ3) is 2.56. The highest BCUT2D eigenvalue weighted by Crippen LogP contribution is 2.31. The summed E-state index contributed by atoms with van der Waals surface area (Å²) in [6, 6.07) is 7.61. The number of hydrogen-bond acceptors (Lipinski definition) is 3. The molecule has 0 radical (unpaired) electrons. The Bertz CT molecular complexity index is 674. The van der Waals surface area contributed by atoms with Crippen LogP contribution in [0.25, 0.3) is 5.69 Å². The Morgan fingerprint density at radius 2 is 2.14 bits per heavy atom. The van der Waals surface area contributed by atoms with Crippen LogP contribution in [-0.2, 0) is 17.6 Å². The molecule has 0 saturated heterocycles. The summed E-state index contributed by atoms with van der Waals surface area (Å²) in [6.07, 6.45) is 3.12. The number of carbonyl (C=O) groups is 1. The van der Waals surface area contributed by atoms with Crippen molar-refractivity contribution in [3.05, 3.63) is 46.8 Å². The molecule has 1 aromatic carbocycles. The maximum Gasteiger partial charge on any atom is 0.307 e. The number of nitrogens with two attached hydrogens (primary N) is 1. The molecule has 1 atom stereocenters. The molecule has 0 aliphatic heterocycles. The minimum atomic E-state index is -0.818. The Labute approximate surface area is 123 Å². The summed E-state index contributed by atoms with van der Waals surface area (Å²) in [5, 5.41) is 13.4. The fourth-order valence-corrected chi connectivity index (χ4v) is 3.09. The fourth-order valence-electron chi connectivity index (χ4n) is 3.09. The molecule has 5 heteroatoms. The highest BCUT2D eigenvalue weighted by atomic mass is 16.4. The maximum absolute atomic E-state index is 10.7. The van der Waals surface area contributed by atoms with Crippen LogP contribution < -0.4 is 5.73 Å². The molecule has 0 bridgehead atoms. The van der Waals surface area contributed by atoms with E-state index in [1.54, 1.807) is 0 Å². The molecule has 0 saturated carbocycles. The average Bonchev–Trinajstić information content (AvgIpc) is 2.78. The van der Waals surface area contributed by atoms with E-state index in [0.717, 1.165) is 36.2 Å². The van der Waals surface area contributed by atoms with Crippen LogP contribution >= 0.6 is 0 Å². The van der Waals surface area contributed by atoms with Gasteiger partial charge >= 0.3 is 5.97 Å². The van der Waals surface area contributed by atoms with Gasteiger partial charge in [-0.3, -0.25) is 4.79 Å². The van der Waals surface area contributed by atoms with Crippen LogP contribution in [0.4, 0.5) is 0 Å². The second-order valence-electron chi connectivity index (χ2n) is 5.59. The molecular weight excluding hydrogens is 266 g/mol. The van der Waals surface area contributed by atoms with Crippen LogP contribution in [0.2, 0.25) is 0 Å². The van der Waals surface area contributed by atoms with Gasteiger partial charge in [0.2, 0.25) is 0 Å². The molecule has 21 heavy (non-hydrogen) atoms. The quantitative estimate of drug-likeness (QED) is 0.905. The first kappa shape index (κ1) is 13.8. The summed E-state index contributed by atoms with van der Waals surface area (Å²) in [5.74, 6) is -0.818. The number of rotatable bonds is 3. The van der Waals surface area contributed by atoms with E-state index in [1.807, 2.05) is 35.9 Å². The molecule has 1 aliphatic rings. The Morgan fingerprint density at radius 3 is 2.81 bits per heavy atom. The molecule has 0 amide bonds. The van der Waals surface area contributed by atoms with Gasteiger partial charge in [0.15, 0.2) is 0 Å². The van der Waals surface area contributed by atoms with E-state index in [0.29, 0.717) is 0 Å². The highest BCUT2D eigenvalue weighted by Gasteiger charge is 2.24. The molecule has 0 fully saturated rings. The minimum Gasteiger partial charge on any atom is -0.481 e. The number of carboxylic acids is 1.